The molecule has 3 heteroatoms. The molecular formula is C11H13BrN2. The van der Waals surface area contributed by atoms with E-state index in [2.05, 4.69) is 39.4 Å². The van der Waals surface area contributed by atoms with Crippen LogP contribution in [0.5, 0.6) is 0 Å². The van der Waals surface area contributed by atoms with Crippen LogP contribution in [-0.4, -0.2) is 12.6 Å². The second kappa shape index (κ2) is 5.79. The lowest BCUT2D eigenvalue weighted by Crippen LogP contribution is -2.26. The summed E-state index contributed by atoms with van der Waals surface area (Å²) in [4.78, 5) is 0. The van der Waals surface area contributed by atoms with Gasteiger partial charge in [-0.3, -0.25) is 0 Å². The van der Waals surface area contributed by atoms with Crippen LogP contribution in [-0.2, 0) is 6.42 Å². The van der Waals surface area contributed by atoms with Crippen LogP contribution in [0.1, 0.15) is 12.5 Å². The van der Waals surface area contributed by atoms with Gasteiger partial charge in [0.15, 0.2) is 0 Å². The molecule has 1 aromatic carbocycles. The highest BCUT2D eigenvalue weighted by Crippen LogP contribution is 2.10. The Kier molecular flexibility index (Phi) is 4.64. The smallest absolute Gasteiger partial charge is 0.0924 e. The summed E-state index contributed by atoms with van der Waals surface area (Å²) < 4.78 is 1.10. The summed E-state index contributed by atoms with van der Waals surface area (Å²) in [5.74, 6) is 0. The molecule has 0 amide bonds. The minimum absolute atomic E-state index is 0.0644. The Morgan fingerprint density at radius 2 is 2.07 bits per heavy atom. The zero-order valence-electron chi connectivity index (χ0n) is 8.13. The Morgan fingerprint density at radius 3 is 2.64 bits per heavy atom. The van der Waals surface area contributed by atoms with Gasteiger partial charge in [0, 0.05) is 11.0 Å². The Bertz CT molecular complexity index is 313. The fourth-order valence-electron chi connectivity index (χ4n) is 1.13. The van der Waals surface area contributed by atoms with Crippen molar-refractivity contribution in [2.75, 3.05) is 6.54 Å². The third kappa shape index (κ3) is 3.91. The molecule has 0 saturated carbocycles. The van der Waals surface area contributed by atoms with Crippen molar-refractivity contribution < 1.29 is 0 Å². The highest BCUT2D eigenvalue weighted by atomic mass is 79.9. The van der Waals surface area contributed by atoms with Crippen molar-refractivity contribution in [3.05, 3.63) is 34.3 Å². The van der Waals surface area contributed by atoms with Gasteiger partial charge in [0.25, 0.3) is 0 Å². The molecule has 0 heterocycles. The van der Waals surface area contributed by atoms with Crippen LogP contribution < -0.4 is 5.32 Å². The monoisotopic (exact) mass is 252 g/mol. The van der Waals surface area contributed by atoms with E-state index in [1.165, 1.54) is 5.56 Å². The second-order valence-corrected chi connectivity index (χ2v) is 4.10. The van der Waals surface area contributed by atoms with Gasteiger partial charge in [0.2, 0.25) is 0 Å². The largest absolute Gasteiger partial charge is 0.302 e. The molecule has 0 aliphatic heterocycles. The summed E-state index contributed by atoms with van der Waals surface area (Å²) in [6.07, 6.45) is 0.958. The second-order valence-electron chi connectivity index (χ2n) is 3.18. The van der Waals surface area contributed by atoms with Crippen LogP contribution in [0.25, 0.3) is 0 Å². The van der Waals surface area contributed by atoms with Crippen LogP contribution in [0.15, 0.2) is 28.7 Å². The van der Waals surface area contributed by atoms with E-state index in [4.69, 9.17) is 5.26 Å². The molecule has 1 aromatic rings. The fourth-order valence-corrected chi connectivity index (χ4v) is 1.39. The first-order chi connectivity index (χ1) is 6.72. The molecule has 0 aliphatic carbocycles. The molecule has 74 valence electrons. The summed E-state index contributed by atoms with van der Waals surface area (Å²) >= 11 is 3.39. The maximum atomic E-state index is 8.55. The maximum absolute atomic E-state index is 8.55. The minimum Gasteiger partial charge on any atom is -0.302 e. The number of nitrogens with one attached hydrogen (secondary N) is 1. The summed E-state index contributed by atoms with van der Waals surface area (Å²) in [6, 6.07) is 10.3. The first-order valence-electron chi connectivity index (χ1n) is 4.60. The van der Waals surface area contributed by atoms with Crippen LogP contribution >= 0.6 is 15.9 Å². The molecule has 1 unspecified atom stereocenters. The molecule has 2 nitrogen and oxygen atoms in total. The standard InChI is InChI=1S/C11H13BrN2/c1-9(8-13)14-7-6-10-2-4-11(12)5-3-10/h2-5,9,14H,6-7H2,1H3. The van der Waals surface area contributed by atoms with E-state index < -0.39 is 0 Å². The van der Waals surface area contributed by atoms with E-state index in [0.29, 0.717) is 0 Å². The van der Waals surface area contributed by atoms with Crippen LogP contribution in [0.2, 0.25) is 0 Å². The van der Waals surface area contributed by atoms with Crippen molar-refractivity contribution in [3.63, 3.8) is 0 Å². The Balaban J connectivity index is 2.32. The Hall–Kier alpha value is -0.850. The van der Waals surface area contributed by atoms with E-state index in [0.717, 1.165) is 17.4 Å². The maximum Gasteiger partial charge on any atom is 0.0924 e. The van der Waals surface area contributed by atoms with Crippen LogP contribution in [0.4, 0.5) is 0 Å². The number of nitrogens with zero attached hydrogens (tertiary/aromatic N) is 1. The molecule has 0 fully saturated rings. The van der Waals surface area contributed by atoms with Crippen molar-refractivity contribution in [2.24, 2.45) is 0 Å². The molecule has 0 aliphatic rings. The zero-order chi connectivity index (χ0) is 10.4. The lowest BCUT2D eigenvalue weighted by molar-refractivity contribution is 0.640. The van der Waals surface area contributed by atoms with Crippen molar-refractivity contribution in [1.29, 1.82) is 5.26 Å². The van der Waals surface area contributed by atoms with Gasteiger partial charge in [-0.25, -0.2) is 0 Å². The number of hydrogen-bond donors (Lipinski definition) is 1. The van der Waals surface area contributed by atoms with Crippen molar-refractivity contribution >= 4 is 15.9 Å². The lowest BCUT2D eigenvalue weighted by atomic mass is 10.1. The Labute approximate surface area is 93.1 Å². The minimum atomic E-state index is -0.0644. The van der Waals surface area contributed by atoms with Crippen LogP contribution in [0, 0.1) is 11.3 Å². The third-order valence-electron chi connectivity index (χ3n) is 1.97. The molecule has 0 radical (unpaired) electrons. The van der Waals surface area contributed by atoms with Gasteiger partial charge in [-0.2, -0.15) is 5.26 Å². The van der Waals surface area contributed by atoms with Gasteiger partial charge in [0.05, 0.1) is 12.1 Å². The molecule has 1 atom stereocenters. The summed E-state index contributed by atoms with van der Waals surface area (Å²) in [6.45, 7) is 2.71. The highest BCUT2D eigenvalue weighted by Gasteiger charge is 1.97. The number of nitriles is 1. The molecule has 1 N–H and O–H groups in total. The van der Waals surface area contributed by atoms with Gasteiger partial charge >= 0.3 is 0 Å². The van der Waals surface area contributed by atoms with E-state index in [9.17, 15) is 0 Å². The van der Waals surface area contributed by atoms with Gasteiger partial charge < -0.3 is 5.32 Å². The van der Waals surface area contributed by atoms with E-state index in [1.807, 2.05) is 19.1 Å². The topological polar surface area (TPSA) is 35.8 Å². The molecule has 0 bridgehead atoms. The first-order valence-corrected chi connectivity index (χ1v) is 5.39. The number of benzene rings is 1. The van der Waals surface area contributed by atoms with Crippen LogP contribution in [0.3, 0.4) is 0 Å². The molecule has 1 rings (SSSR count). The predicted octanol–water partition coefficient (Wildman–Crippen LogP) is 2.49. The van der Waals surface area contributed by atoms with Crippen molar-refractivity contribution in [3.8, 4) is 6.07 Å². The summed E-state index contributed by atoms with van der Waals surface area (Å²) in [7, 11) is 0. The number of halogens is 1. The van der Waals surface area contributed by atoms with Gasteiger partial charge in [0.1, 0.15) is 0 Å². The molecule has 0 saturated heterocycles. The SMILES string of the molecule is CC(C#N)NCCc1ccc(Br)cc1. The quantitative estimate of drug-likeness (QED) is 0.894. The lowest BCUT2D eigenvalue weighted by Gasteiger charge is -2.05. The van der Waals surface area contributed by atoms with Gasteiger partial charge in [-0.1, -0.05) is 28.1 Å². The molecular weight excluding hydrogens is 240 g/mol. The molecule has 14 heavy (non-hydrogen) atoms. The third-order valence-corrected chi connectivity index (χ3v) is 2.50. The van der Waals surface area contributed by atoms with Gasteiger partial charge in [-0.05, 0) is 31.0 Å². The van der Waals surface area contributed by atoms with E-state index in [1.54, 1.807) is 0 Å². The average Bonchev–Trinajstić information content (AvgIpc) is 2.21. The first kappa shape index (κ1) is 11.2. The van der Waals surface area contributed by atoms with E-state index >= 15 is 0 Å². The molecule has 0 spiro atoms. The van der Waals surface area contributed by atoms with Gasteiger partial charge in [-0.15, -0.1) is 0 Å². The van der Waals surface area contributed by atoms with E-state index in [-0.39, 0.29) is 6.04 Å². The van der Waals surface area contributed by atoms with Crippen molar-refractivity contribution in [1.82, 2.24) is 5.32 Å². The number of rotatable bonds is 4. The Morgan fingerprint density at radius 1 is 1.43 bits per heavy atom. The molecule has 0 aromatic heterocycles. The van der Waals surface area contributed by atoms with Crippen molar-refractivity contribution in [2.45, 2.75) is 19.4 Å². The predicted molar refractivity (Wildman–Crippen MR) is 60.9 cm³/mol. The fraction of sp³-hybridized carbons (Fsp3) is 0.364. The highest BCUT2D eigenvalue weighted by molar-refractivity contribution is 9.10. The summed E-state index contributed by atoms with van der Waals surface area (Å²) in [5.41, 5.74) is 1.28. The summed E-state index contributed by atoms with van der Waals surface area (Å²) in [5, 5.41) is 11.7. The zero-order valence-corrected chi connectivity index (χ0v) is 9.71. The normalized spacial score (nSPS) is 12.1. The average molecular weight is 253 g/mol. The number of hydrogen-bond acceptors (Lipinski definition) is 2.